The maximum atomic E-state index is 11.8. The van der Waals surface area contributed by atoms with E-state index in [4.69, 9.17) is 4.74 Å². The molecule has 0 amide bonds. The smallest absolute Gasteiger partial charge is 0.261 e. The van der Waals surface area contributed by atoms with Gasteiger partial charge in [0.1, 0.15) is 16.6 Å². The first-order chi connectivity index (χ1) is 9.08. The van der Waals surface area contributed by atoms with Gasteiger partial charge in [0.25, 0.3) is 6.43 Å². The first-order valence-corrected chi connectivity index (χ1v) is 7.27. The summed E-state index contributed by atoms with van der Waals surface area (Å²) in [6, 6.07) is 0. The molecule has 0 fully saturated rings. The Kier molecular flexibility index (Phi) is 8.00. The molecule has 0 aliphatic rings. The third-order valence-corrected chi connectivity index (χ3v) is 3.32. The predicted octanol–water partition coefficient (Wildman–Crippen LogP) is 2.15. The highest BCUT2D eigenvalue weighted by Crippen LogP contribution is 2.11. The number of hydrogen-bond donors (Lipinski definition) is 1. The molecule has 0 bridgehead atoms. The van der Waals surface area contributed by atoms with E-state index in [1.807, 2.05) is 0 Å². The van der Waals surface area contributed by atoms with Gasteiger partial charge >= 0.3 is 0 Å². The molecule has 7 heteroatoms. The standard InChI is InChI=1S/C12H21F2N3OS/c1-9(2)7-15-5-3-11-16-17-12(19-11)4-6-18-8-10(13)14/h9-10,15H,3-8H2,1-2H3. The van der Waals surface area contributed by atoms with Crippen molar-refractivity contribution in [2.45, 2.75) is 33.1 Å². The van der Waals surface area contributed by atoms with Gasteiger partial charge in [-0.15, -0.1) is 21.5 Å². The summed E-state index contributed by atoms with van der Waals surface area (Å²) in [4.78, 5) is 0. The summed E-state index contributed by atoms with van der Waals surface area (Å²) >= 11 is 1.52. The molecule has 1 aromatic rings. The van der Waals surface area contributed by atoms with Gasteiger partial charge in [0.05, 0.1) is 6.61 Å². The fourth-order valence-electron chi connectivity index (χ4n) is 1.41. The second kappa shape index (κ2) is 9.28. The monoisotopic (exact) mass is 293 g/mol. The average molecular weight is 293 g/mol. The Hall–Kier alpha value is -0.660. The van der Waals surface area contributed by atoms with Crippen molar-refractivity contribution in [3.05, 3.63) is 10.0 Å². The van der Waals surface area contributed by atoms with Gasteiger partial charge in [-0.1, -0.05) is 13.8 Å². The first kappa shape index (κ1) is 16.4. The Morgan fingerprint density at radius 3 is 2.53 bits per heavy atom. The van der Waals surface area contributed by atoms with Crippen LogP contribution in [0.5, 0.6) is 0 Å². The van der Waals surface area contributed by atoms with E-state index in [0.717, 1.165) is 29.5 Å². The van der Waals surface area contributed by atoms with Gasteiger partial charge in [-0.05, 0) is 12.5 Å². The third-order valence-electron chi connectivity index (χ3n) is 2.28. The summed E-state index contributed by atoms with van der Waals surface area (Å²) in [7, 11) is 0. The van der Waals surface area contributed by atoms with Crippen molar-refractivity contribution in [1.29, 1.82) is 0 Å². The summed E-state index contributed by atoms with van der Waals surface area (Å²) < 4.78 is 28.5. The Morgan fingerprint density at radius 2 is 1.89 bits per heavy atom. The van der Waals surface area contributed by atoms with Crippen LogP contribution in [0.2, 0.25) is 0 Å². The van der Waals surface area contributed by atoms with E-state index in [0.29, 0.717) is 12.3 Å². The summed E-state index contributed by atoms with van der Waals surface area (Å²) in [6.07, 6.45) is -1.01. The molecule has 0 atom stereocenters. The lowest BCUT2D eigenvalue weighted by molar-refractivity contribution is 0.0186. The summed E-state index contributed by atoms with van der Waals surface area (Å²) in [5.74, 6) is 0.636. The number of nitrogens with one attached hydrogen (secondary N) is 1. The summed E-state index contributed by atoms with van der Waals surface area (Å²) in [5.41, 5.74) is 0. The van der Waals surface area contributed by atoms with Crippen LogP contribution in [-0.4, -0.2) is 42.9 Å². The number of alkyl halides is 2. The van der Waals surface area contributed by atoms with Crippen LogP contribution in [0.3, 0.4) is 0 Å². The lowest BCUT2D eigenvalue weighted by Crippen LogP contribution is -2.22. The molecule has 1 N–H and O–H groups in total. The average Bonchev–Trinajstić information content (AvgIpc) is 2.78. The first-order valence-electron chi connectivity index (χ1n) is 6.45. The Labute approximate surface area is 116 Å². The highest BCUT2D eigenvalue weighted by molar-refractivity contribution is 7.11. The van der Waals surface area contributed by atoms with Crippen LogP contribution in [-0.2, 0) is 17.6 Å². The van der Waals surface area contributed by atoms with E-state index >= 15 is 0 Å². The van der Waals surface area contributed by atoms with Gasteiger partial charge < -0.3 is 10.1 Å². The Bertz CT molecular complexity index is 317. The topological polar surface area (TPSA) is 47.0 Å². The molecule has 1 aromatic heterocycles. The van der Waals surface area contributed by atoms with Crippen LogP contribution in [0, 0.1) is 5.92 Å². The van der Waals surface area contributed by atoms with E-state index in [2.05, 4.69) is 29.4 Å². The zero-order valence-corrected chi connectivity index (χ0v) is 12.2. The van der Waals surface area contributed by atoms with Crippen LogP contribution >= 0.6 is 11.3 Å². The van der Waals surface area contributed by atoms with E-state index in [1.165, 1.54) is 11.3 Å². The van der Waals surface area contributed by atoms with Gasteiger partial charge in [0, 0.05) is 19.4 Å². The Morgan fingerprint density at radius 1 is 1.21 bits per heavy atom. The Balaban J connectivity index is 2.14. The molecule has 1 heterocycles. The number of halogens is 2. The molecule has 0 spiro atoms. The minimum Gasteiger partial charge on any atom is -0.375 e. The highest BCUT2D eigenvalue weighted by atomic mass is 32.1. The van der Waals surface area contributed by atoms with E-state index in [1.54, 1.807) is 0 Å². The summed E-state index contributed by atoms with van der Waals surface area (Å²) in [6.45, 7) is 5.96. The molecule has 0 saturated heterocycles. The minimum atomic E-state index is -2.41. The zero-order chi connectivity index (χ0) is 14.1. The molecule has 1 rings (SSSR count). The molecule has 0 aliphatic carbocycles. The normalized spacial score (nSPS) is 11.7. The number of rotatable bonds is 10. The molecule has 110 valence electrons. The maximum absolute atomic E-state index is 11.8. The molecule has 4 nitrogen and oxygen atoms in total. The van der Waals surface area contributed by atoms with Crippen molar-refractivity contribution >= 4 is 11.3 Å². The minimum absolute atomic E-state index is 0.268. The van der Waals surface area contributed by atoms with Crippen molar-refractivity contribution in [2.24, 2.45) is 5.92 Å². The van der Waals surface area contributed by atoms with Crippen LogP contribution in [0.1, 0.15) is 23.9 Å². The lowest BCUT2D eigenvalue weighted by atomic mass is 10.2. The second-order valence-electron chi connectivity index (χ2n) is 4.65. The van der Waals surface area contributed by atoms with Gasteiger partial charge in [-0.3, -0.25) is 0 Å². The second-order valence-corrected chi connectivity index (χ2v) is 5.80. The quantitative estimate of drug-likeness (QED) is 0.672. The number of aromatic nitrogens is 2. The maximum Gasteiger partial charge on any atom is 0.261 e. The summed E-state index contributed by atoms with van der Waals surface area (Å²) in [5, 5.41) is 13.2. The van der Waals surface area contributed by atoms with Gasteiger partial charge in [0.2, 0.25) is 0 Å². The molecule has 0 aromatic carbocycles. The molecule has 19 heavy (non-hydrogen) atoms. The molecule has 0 aliphatic heterocycles. The zero-order valence-electron chi connectivity index (χ0n) is 11.4. The largest absolute Gasteiger partial charge is 0.375 e. The highest BCUT2D eigenvalue weighted by Gasteiger charge is 2.06. The molecule has 0 radical (unpaired) electrons. The SMILES string of the molecule is CC(C)CNCCc1nnc(CCOCC(F)F)s1. The fourth-order valence-corrected chi connectivity index (χ4v) is 2.23. The van der Waals surface area contributed by atoms with Crippen molar-refractivity contribution in [3.8, 4) is 0 Å². The molecular weight excluding hydrogens is 272 g/mol. The van der Waals surface area contributed by atoms with Gasteiger partial charge in [0.15, 0.2) is 0 Å². The molecule has 0 saturated carbocycles. The van der Waals surface area contributed by atoms with Crippen molar-refractivity contribution in [1.82, 2.24) is 15.5 Å². The fraction of sp³-hybridized carbons (Fsp3) is 0.833. The molecular formula is C12H21F2N3OS. The van der Waals surface area contributed by atoms with Gasteiger partial charge in [-0.25, -0.2) is 8.78 Å². The van der Waals surface area contributed by atoms with E-state index in [9.17, 15) is 8.78 Å². The molecule has 0 unspecified atom stereocenters. The predicted molar refractivity (Wildman–Crippen MR) is 71.8 cm³/mol. The number of ether oxygens (including phenoxy) is 1. The van der Waals surface area contributed by atoms with Crippen LogP contribution in [0.4, 0.5) is 8.78 Å². The van der Waals surface area contributed by atoms with Crippen molar-refractivity contribution < 1.29 is 13.5 Å². The van der Waals surface area contributed by atoms with Crippen LogP contribution in [0.15, 0.2) is 0 Å². The van der Waals surface area contributed by atoms with Crippen molar-refractivity contribution in [2.75, 3.05) is 26.3 Å². The third kappa shape index (κ3) is 8.18. The van der Waals surface area contributed by atoms with Gasteiger partial charge in [-0.2, -0.15) is 0 Å². The van der Waals surface area contributed by atoms with E-state index in [-0.39, 0.29) is 6.61 Å². The van der Waals surface area contributed by atoms with Crippen LogP contribution in [0.25, 0.3) is 0 Å². The number of hydrogen-bond acceptors (Lipinski definition) is 5. The lowest BCUT2D eigenvalue weighted by Gasteiger charge is -2.05. The van der Waals surface area contributed by atoms with Crippen molar-refractivity contribution in [3.63, 3.8) is 0 Å². The number of nitrogens with zero attached hydrogens (tertiary/aromatic N) is 2. The van der Waals surface area contributed by atoms with Crippen LogP contribution < -0.4 is 5.32 Å². The van der Waals surface area contributed by atoms with E-state index < -0.39 is 13.0 Å².